The average molecular weight is 493 g/mol. The average Bonchev–Trinajstić information content (AvgIpc) is 3.27. The number of benzene rings is 2. The molecule has 4 rings (SSSR count). The van der Waals surface area contributed by atoms with E-state index in [0.717, 1.165) is 9.96 Å². The number of nitrogens with one attached hydrogen (secondary N) is 4. The molecule has 184 valence electrons. The molecule has 4 N–H and O–H groups in total. The molecule has 36 heavy (non-hydrogen) atoms. The molecule has 0 spiro atoms. The molecule has 0 saturated heterocycles. The van der Waals surface area contributed by atoms with Gasteiger partial charge in [0.15, 0.2) is 11.4 Å². The smallest absolute Gasteiger partial charge is 0.427 e. The molecule has 0 bridgehead atoms. The summed E-state index contributed by atoms with van der Waals surface area (Å²) in [5, 5.41) is 11.4. The van der Waals surface area contributed by atoms with E-state index in [1.165, 1.54) is 25.3 Å². The van der Waals surface area contributed by atoms with Gasteiger partial charge in [0.2, 0.25) is 0 Å². The number of fused-ring (bicyclic) bond motifs is 1. The van der Waals surface area contributed by atoms with Crippen molar-refractivity contribution >= 4 is 23.6 Å². The molecule has 0 saturated carbocycles. The first-order valence-electron chi connectivity index (χ1n) is 10.8. The van der Waals surface area contributed by atoms with Crippen molar-refractivity contribution in [3.8, 4) is 0 Å². The normalized spacial score (nSPS) is 10.8. The zero-order valence-electron chi connectivity index (χ0n) is 19.3. The van der Waals surface area contributed by atoms with Gasteiger partial charge in [0.25, 0.3) is 11.8 Å². The second-order valence-corrected chi connectivity index (χ2v) is 7.89. The van der Waals surface area contributed by atoms with Gasteiger partial charge in [-0.2, -0.15) is 0 Å². The number of aromatic nitrogens is 4. The third-order valence-electron chi connectivity index (χ3n) is 5.42. The minimum Gasteiger partial charge on any atom is -0.465 e. The number of amides is 2. The van der Waals surface area contributed by atoms with Crippen LogP contribution in [-0.2, 0) is 17.8 Å². The van der Waals surface area contributed by atoms with E-state index in [4.69, 9.17) is 0 Å². The summed E-state index contributed by atoms with van der Waals surface area (Å²) in [5.41, 5.74) is 1.41. The van der Waals surface area contributed by atoms with Crippen molar-refractivity contribution in [1.29, 1.82) is 0 Å². The number of rotatable bonds is 7. The van der Waals surface area contributed by atoms with Crippen LogP contribution in [0.4, 0.5) is 4.39 Å². The molecule has 4 aromatic rings. The van der Waals surface area contributed by atoms with Gasteiger partial charge in [0.05, 0.1) is 12.7 Å². The largest absolute Gasteiger partial charge is 0.465 e. The van der Waals surface area contributed by atoms with E-state index in [1.807, 2.05) is 0 Å². The molecule has 0 atom stereocenters. The lowest BCUT2D eigenvalue weighted by Gasteiger charge is -2.08. The van der Waals surface area contributed by atoms with Gasteiger partial charge in [-0.15, -0.1) is 9.50 Å². The molecule has 12 heteroatoms. The topological polar surface area (TPSA) is 149 Å². The van der Waals surface area contributed by atoms with Crippen molar-refractivity contribution in [2.24, 2.45) is 0 Å². The first-order chi connectivity index (χ1) is 17.3. The molecule has 2 aromatic carbocycles. The highest BCUT2D eigenvalue weighted by Crippen LogP contribution is 2.10. The van der Waals surface area contributed by atoms with E-state index in [-0.39, 0.29) is 36.1 Å². The second kappa shape index (κ2) is 10.2. The molecule has 0 unspecified atom stereocenters. The SMILES string of the molecule is COC(=O)c1ccc(CNC(=O)c2cc(C(=O)NCc3ccc(F)c(C)c3)n3c(=O)[nH]nc3[nH+]2)cc1. The first kappa shape index (κ1) is 24.3. The van der Waals surface area contributed by atoms with Crippen molar-refractivity contribution in [2.75, 3.05) is 7.11 Å². The van der Waals surface area contributed by atoms with Crippen molar-refractivity contribution < 1.29 is 28.5 Å². The van der Waals surface area contributed by atoms with E-state index in [2.05, 4.69) is 30.6 Å². The Morgan fingerprint density at radius 3 is 2.39 bits per heavy atom. The number of aryl methyl sites for hydroxylation is 1. The van der Waals surface area contributed by atoms with Crippen LogP contribution in [0.15, 0.2) is 53.3 Å². The molecule has 0 radical (unpaired) electrons. The van der Waals surface area contributed by atoms with Crippen LogP contribution in [0.25, 0.3) is 5.78 Å². The summed E-state index contributed by atoms with van der Waals surface area (Å²) in [4.78, 5) is 52.2. The van der Waals surface area contributed by atoms with Crippen LogP contribution >= 0.6 is 0 Å². The highest BCUT2D eigenvalue weighted by molar-refractivity contribution is 5.97. The van der Waals surface area contributed by atoms with Crippen LogP contribution in [-0.4, -0.2) is 39.5 Å². The fraction of sp³-hybridized carbons (Fsp3) is 0.167. The molecule has 11 nitrogen and oxygen atoms in total. The maximum atomic E-state index is 13.5. The van der Waals surface area contributed by atoms with Crippen LogP contribution in [0.5, 0.6) is 0 Å². The van der Waals surface area contributed by atoms with Crippen LogP contribution in [0, 0.1) is 12.7 Å². The summed E-state index contributed by atoms with van der Waals surface area (Å²) >= 11 is 0. The molecule has 2 amide bonds. The molecule has 0 aliphatic carbocycles. The maximum absolute atomic E-state index is 13.5. The van der Waals surface area contributed by atoms with Gasteiger partial charge in [-0.3, -0.25) is 9.59 Å². The van der Waals surface area contributed by atoms with E-state index in [1.54, 1.807) is 37.3 Å². The Hall–Kier alpha value is -4.87. The van der Waals surface area contributed by atoms with Gasteiger partial charge in [0, 0.05) is 24.3 Å². The molecular formula is C24H22FN6O5+. The molecular weight excluding hydrogens is 471 g/mol. The standard InChI is InChI=1S/C24H21FN6O5/c1-13-9-15(5-8-17(13)25)12-27-21(33)19-10-18(28-23-29-30-24(35)31(19)23)20(32)26-11-14-3-6-16(7-4-14)22(34)36-2/h3-10H,11-12H2,1-2H3,(H,26,32)(H,27,33)(H,30,35)/p+1. The van der Waals surface area contributed by atoms with Crippen LogP contribution in [0.3, 0.4) is 0 Å². The van der Waals surface area contributed by atoms with Gasteiger partial charge >= 0.3 is 17.4 Å². The number of carbonyl (C=O) groups excluding carboxylic acids is 3. The summed E-state index contributed by atoms with van der Waals surface area (Å²) in [6.07, 6.45) is 0. The van der Waals surface area contributed by atoms with E-state index < -0.39 is 23.5 Å². The van der Waals surface area contributed by atoms with Crippen LogP contribution in [0.2, 0.25) is 0 Å². The summed E-state index contributed by atoms with van der Waals surface area (Å²) in [6, 6.07) is 12.2. The molecule has 0 aliphatic heterocycles. The predicted molar refractivity (Wildman–Crippen MR) is 124 cm³/mol. The summed E-state index contributed by atoms with van der Waals surface area (Å²) < 4.78 is 19.2. The quantitative estimate of drug-likeness (QED) is 0.326. The third kappa shape index (κ3) is 5.12. The Kier molecular flexibility index (Phi) is 6.86. The number of carbonyl (C=O) groups is 3. The summed E-state index contributed by atoms with van der Waals surface area (Å²) in [6.45, 7) is 1.83. The lowest BCUT2D eigenvalue weighted by Crippen LogP contribution is -2.35. The number of hydrogen-bond donors (Lipinski definition) is 3. The highest BCUT2D eigenvalue weighted by atomic mass is 19.1. The highest BCUT2D eigenvalue weighted by Gasteiger charge is 2.24. The second-order valence-electron chi connectivity index (χ2n) is 7.89. The first-order valence-corrected chi connectivity index (χ1v) is 10.8. The zero-order valence-corrected chi connectivity index (χ0v) is 19.3. The number of nitrogens with zero attached hydrogens (tertiary/aromatic N) is 2. The van der Waals surface area contributed by atoms with Gasteiger partial charge in [0.1, 0.15) is 5.82 Å². The van der Waals surface area contributed by atoms with E-state index in [0.29, 0.717) is 16.7 Å². The van der Waals surface area contributed by atoms with Crippen molar-refractivity contribution in [3.63, 3.8) is 0 Å². The number of aromatic amines is 2. The Balaban J connectivity index is 1.52. The predicted octanol–water partition coefficient (Wildman–Crippen LogP) is 0.931. The van der Waals surface area contributed by atoms with Crippen LogP contribution in [0.1, 0.15) is 48.0 Å². The molecule has 0 aliphatic rings. The number of methoxy groups -OCH3 is 1. The Morgan fingerprint density at radius 1 is 1.03 bits per heavy atom. The van der Waals surface area contributed by atoms with Gasteiger partial charge in [-0.1, -0.05) is 24.3 Å². The maximum Gasteiger partial charge on any atom is 0.427 e. The summed E-state index contributed by atoms with van der Waals surface area (Å²) in [7, 11) is 1.29. The molecule has 2 aromatic heterocycles. The van der Waals surface area contributed by atoms with E-state index in [9.17, 15) is 23.6 Å². The van der Waals surface area contributed by atoms with Gasteiger partial charge in [-0.25, -0.2) is 19.0 Å². The Labute approximate surface area is 203 Å². The monoisotopic (exact) mass is 493 g/mol. The van der Waals surface area contributed by atoms with Gasteiger partial charge < -0.3 is 15.4 Å². The summed E-state index contributed by atoms with van der Waals surface area (Å²) in [5.74, 6) is -2.04. The van der Waals surface area contributed by atoms with E-state index >= 15 is 0 Å². The Morgan fingerprint density at radius 2 is 1.69 bits per heavy atom. The van der Waals surface area contributed by atoms with Crippen molar-refractivity contribution in [1.82, 2.24) is 25.2 Å². The Bertz CT molecular complexity index is 1530. The van der Waals surface area contributed by atoms with Gasteiger partial charge in [-0.05, 0) is 41.8 Å². The third-order valence-corrected chi connectivity index (χ3v) is 5.42. The van der Waals surface area contributed by atoms with Crippen molar-refractivity contribution in [3.05, 3.63) is 98.5 Å². The number of hydrogen-bond acceptors (Lipinski definition) is 6. The van der Waals surface area contributed by atoms with Crippen molar-refractivity contribution in [2.45, 2.75) is 20.0 Å². The number of ether oxygens (including phenoxy) is 1. The molecule has 2 heterocycles. The lowest BCUT2D eigenvalue weighted by molar-refractivity contribution is -0.357. The van der Waals surface area contributed by atoms with Crippen LogP contribution < -0.4 is 21.3 Å². The molecule has 0 fully saturated rings. The fourth-order valence-electron chi connectivity index (χ4n) is 3.50. The fourth-order valence-corrected chi connectivity index (χ4v) is 3.50. The zero-order chi connectivity index (χ0) is 25.8. The number of H-pyrrole nitrogens is 2. The number of halogens is 1. The number of esters is 1. The minimum atomic E-state index is -0.665. The minimum absolute atomic E-state index is 0.00421. The lowest BCUT2D eigenvalue weighted by atomic mass is 10.1.